The number of terminal acetylenes is 1. The number of amides is 1. The van der Waals surface area contributed by atoms with Gasteiger partial charge in [0.1, 0.15) is 5.58 Å². The summed E-state index contributed by atoms with van der Waals surface area (Å²) in [7, 11) is 0. The van der Waals surface area contributed by atoms with Crippen molar-refractivity contribution in [1.29, 1.82) is 0 Å². The van der Waals surface area contributed by atoms with Gasteiger partial charge in [-0.1, -0.05) is 52.2 Å². The average Bonchev–Trinajstić information content (AvgIpc) is 2.69. The summed E-state index contributed by atoms with van der Waals surface area (Å²) >= 11 is 3.42. The molecule has 1 amide bonds. The number of nitrogens with zero attached hydrogens (tertiary/aromatic N) is 1. The van der Waals surface area contributed by atoms with E-state index in [1.54, 1.807) is 17.0 Å². The lowest BCUT2D eigenvalue weighted by atomic mass is 10.1. The van der Waals surface area contributed by atoms with Crippen LogP contribution >= 0.6 is 15.9 Å². The highest BCUT2D eigenvalue weighted by molar-refractivity contribution is 9.10. The molecule has 28 heavy (non-hydrogen) atoms. The lowest BCUT2D eigenvalue weighted by Gasteiger charge is -2.23. The topological polar surface area (TPSA) is 62.6 Å². The fourth-order valence-electron chi connectivity index (χ4n) is 2.84. The Morgan fingerprint density at radius 3 is 2.68 bits per heavy atom. The van der Waals surface area contributed by atoms with Crippen molar-refractivity contribution < 1.29 is 9.21 Å². The molecule has 1 aromatic heterocycles. The van der Waals surface area contributed by atoms with Gasteiger partial charge in [0.2, 0.25) is 5.91 Å². The standard InChI is InChI=1S/C22H19BrN2O3/c1-2-10-24-13-21(26)25(14-16-6-4-3-5-7-16)15-18-11-17-12-19(23)8-9-20(17)28-22(18)27/h1,3-9,11-12,24H,10,13-15H2. The maximum atomic E-state index is 12.7. The summed E-state index contributed by atoms with van der Waals surface area (Å²) in [5.41, 5.74) is 1.46. The van der Waals surface area contributed by atoms with E-state index in [4.69, 9.17) is 10.8 Å². The lowest BCUT2D eigenvalue weighted by Crippen LogP contribution is -2.38. The van der Waals surface area contributed by atoms with Gasteiger partial charge in [-0.2, -0.15) is 0 Å². The van der Waals surface area contributed by atoms with Crippen molar-refractivity contribution in [3.8, 4) is 12.3 Å². The Labute approximate surface area is 171 Å². The normalized spacial score (nSPS) is 10.6. The number of benzene rings is 2. The summed E-state index contributed by atoms with van der Waals surface area (Å²) in [5.74, 6) is 2.30. The molecule has 0 spiro atoms. The fraction of sp³-hybridized carbons (Fsp3) is 0.182. The van der Waals surface area contributed by atoms with Crippen molar-refractivity contribution in [2.45, 2.75) is 13.1 Å². The predicted molar refractivity (Wildman–Crippen MR) is 113 cm³/mol. The zero-order chi connectivity index (χ0) is 19.9. The Balaban J connectivity index is 1.88. The Hall–Kier alpha value is -2.88. The van der Waals surface area contributed by atoms with Crippen LogP contribution in [0.2, 0.25) is 0 Å². The number of rotatable bonds is 7. The highest BCUT2D eigenvalue weighted by Gasteiger charge is 2.17. The summed E-state index contributed by atoms with van der Waals surface area (Å²) in [6.07, 6.45) is 5.23. The van der Waals surface area contributed by atoms with Gasteiger partial charge >= 0.3 is 5.63 Å². The van der Waals surface area contributed by atoms with Crippen LogP contribution in [0.1, 0.15) is 11.1 Å². The van der Waals surface area contributed by atoms with Gasteiger partial charge in [0.25, 0.3) is 0 Å². The van der Waals surface area contributed by atoms with E-state index in [2.05, 4.69) is 27.2 Å². The minimum absolute atomic E-state index is 0.0987. The number of hydrogen-bond donors (Lipinski definition) is 1. The van der Waals surface area contributed by atoms with Gasteiger partial charge < -0.3 is 9.32 Å². The summed E-state index contributed by atoms with van der Waals surface area (Å²) in [4.78, 5) is 26.8. The number of carbonyl (C=O) groups is 1. The number of halogens is 1. The van der Waals surface area contributed by atoms with Crippen molar-refractivity contribution in [1.82, 2.24) is 10.2 Å². The van der Waals surface area contributed by atoms with Crippen LogP contribution < -0.4 is 10.9 Å². The number of hydrogen-bond acceptors (Lipinski definition) is 4. The first-order chi connectivity index (χ1) is 13.6. The third kappa shape index (κ3) is 5.10. The SMILES string of the molecule is C#CCNCC(=O)N(Cc1ccccc1)Cc1cc2cc(Br)ccc2oc1=O. The Bertz CT molecular complexity index is 1070. The number of carbonyl (C=O) groups excluding carboxylic acids is 1. The molecule has 1 heterocycles. The van der Waals surface area contributed by atoms with E-state index < -0.39 is 5.63 Å². The van der Waals surface area contributed by atoms with Crippen LogP contribution in [0.4, 0.5) is 0 Å². The van der Waals surface area contributed by atoms with E-state index >= 15 is 0 Å². The fourth-order valence-corrected chi connectivity index (χ4v) is 3.22. The summed E-state index contributed by atoms with van der Waals surface area (Å²) in [6, 6.07) is 16.8. The lowest BCUT2D eigenvalue weighted by molar-refractivity contribution is -0.131. The van der Waals surface area contributed by atoms with Crippen molar-refractivity contribution in [2.24, 2.45) is 0 Å². The van der Waals surface area contributed by atoms with Crippen LogP contribution in [0, 0.1) is 12.3 Å². The second-order valence-corrected chi connectivity index (χ2v) is 7.20. The minimum Gasteiger partial charge on any atom is -0.422 e. The van der Waals surface area contributed by atoms with E-state index in [9.17, 15) is 9.59 Å². The molecule has 0 fully saturated rings. The maximum absolute atomic E-state index is 12.7. The third-order valence-electron chi connectivity index (χ3n) is 4.20. The number of nitrogens with one attached hydrogen (secondary N) is 1. The second kappa shape index (κ2) is 9.36. The van der Waals surface area contributed by atoms with Gasteiger partial charge in [-0.3, -0.25) is 10.1 Å². The summed E-state index contributed by atoms with van der Waals surface area (Å²) in [6.45, 7) is 0.933. The Morgan fingerprint density at radius 2 is 1.93 bits per heavy atom. The first-order valence-electron chi connectivity index (χ1n) is 8.75. The van der Waals surface area contributed by atoms with Crippen molar-refractivity contribution in [3.63, 3.8) is 0 Å². The molecule has 5 nitrogen and oxygen atoms in total. The molecular formula is C22H19BrN2O3. The van der Waals surface area contributed by atoms with Crippen LogP contribution in [0.15, 0.2) is 68.3 Å². The van der Waals surface area contributed by atoms with E-state index in [1.807, 2.05) is 42.5 Å². The highest BCUT2D eigenvalue weighted by Crippen LogP contribution is 2.20. The van der Waals surface area contributed by atoms with Crippen LogP contribution in [0.3, 0.4) is 0 Å². The van der Waals surface area contributed by atoms with Gasteiger partial charge in [-0.25, -0.2) is 4.79 Å². The van der Waals surface area contributed by atoms with E-state index in [0.29, 0.717) is 24.2 Å². The monoisotopic (exact) mass is 438 g/mol. The molecule has 0 radical (unpaired) electrons. The minimum atomic E-state index is -0.447. The third-order valence-corrected chi connectivity index (χ3v) is 4.69. The zero-order valence-electron chi connectivity index (χ0n) is 15.2. The Kier molecular flexibility index (Phi) is 6.64. The molecule has 0 saturated heterocycles. The molecular weight excluding hydrogens is 420 g/mol. The van der Waals surface area contributed by atoms with E-state index in [0.717, 1.165) is 15.4 Å². The largest absolute Gasteiger partial charge is 0.422 e. The molecule has 0 saturated carbocycles. The van der Waals surface area contributed by atoms with Crippen molar-refractivity contribution in [3.05, 3.63) is 80.6 Å². The molecule has 1 N–H and O–H groups in total. The van der Waals surface area contributed by atoms with Gasteiger partial charge in [-0.05, 0) is 29.8 Å². The smallest absolute Gasteiger partial charge is 0.341 e. The van der Waals surface area contributed by atoms with Gasteiger partial charge in [-0.15, -0.1) is 6.42 Å². The van der Waals surface area contributed by atoms with Crippen molar-refractivity contribution in [2.75, 3.05) is 13.1 Å². The molecule has 0 atom stereocenters. The molecule has 0 bridgehead atoms. The Morgan fingerprint density at radius 1 is 1.14 bits per heavy atom. The number of fused-ring (bicyclic) bond motifs is 1. The second-order valence-electron chi connectivity index (χ2n) is 6.28. The first-order valence-corrected chi connectivity index (χ1v) is 9.54. The predicted octanol–water partition coefficient (Wildman–Crippen LogP) is 3.31. The van der Waals surface area contributed by atoms with Crippen LogP contribution in [-0.2, 0) is 17.9 Å². The van der Waals surface area contributed by atoms with Gasteiger partial charge in [0.15, 0.2) is 0 Å². The molecule has 2 aromatic carbocycles. The van der Waals surface area contributed by atoms with Gasteiger partial charge in [0, 0.05) is 16.4 Å². The maximum Gasteiger partial charge on any atom is 0.341 e. The summed E-state index contributed by atoms with van der Waals surface area (Å²) < 4.78 is 6.31. The van der Waals surface area contributed by atoms with Crippen molar-refractivity contribution >= 4 is 32.8 Å². The molecule has 0 aliphatic rings. The molecule has 3 aromatic rings. The summed E-state index contributed by atoms with van der Waals surface area (Å²) in [5, 5.41) is 3.70. The van der Waals surface area contributed by atoms with Crippen LogP contribution in [-0.4, -0.2) is 23.9 Å². The molecule has 3 rings (SSSR count). The molecule has 0 aliphatic heterocycles. The van der Waals surface area contributed by atoms with E-state index in [-0.39, 0.29) is 19.0 Å². The molecule has 6 heteroatoms. The molecule has 142 valence electrons. The first kappa shape index (κ1) is 19.9. The quantitative estimate of drug-likeness (QED) is 0.349. The van der Waals surface area contributed by atoms with Crippen LogP contribution in [0.25, 0.3) is 11.0 Å². The average molecular weight is 439 g/mol. The van der Waals surface area contributed by atoms with Gasteiger partial charge in [0.05, 0.1) is 25.2 Å². The molecule has 0 unspecified atom stereocenters. The van der Waals surface area contributed by atoms with Crippen LogP contribution in [0.5, 0.6) is 0 Å². The van der Waals surface area contributed by atoms with E-state index in [1.165, 1.54) is 0 Å². The highest BCUT2D eigenvalue weighted by atomic mass is 79.9. The molecule has 0 aliphatic carbocycles. The zero-order valence-corrected chi connectivity index (χ0v) is 16.7.